The highest BCUT2D eigenvalue weighted by atomic mass is 16.5. The Bertz CT molecular complexity index is 1480. The molecule has 1 N–H and O–H groups in total. The minimum atomic E-state index is -0.667. The number of fused-ring (bicyclic) bond motifs is 1. The predicted octanol–water partition coefficient (Wildman–Crippen LogP) is 4.74. The molecule has 4 rings (SSSR count). The summed E-state index contributed by atoms with van der Waals surface area (Å²) in [5, 5.41) is 10.4. The summed E-state index contributed by atoms with van der Waals surface area (Å²) in [5.74, 6) is 0.987. The van der Waals surface area contributed by atoms with E-state index in [0.29, 0.717) is 45.8 Å². The fourth-order valence-electron chi connectivity index (χ4n) is 4.53. The highest BCUT2D eigenvalue weighted by Crippen LogP contribution is 2.39. The maximum Gasteiger partial charge on any atom is 0.355 e. The first kappa shape index (κ1) is 26.8. The Morgan fingerprint density at radius 2 is 1.61 bits per heavy atom. The molecule has 0 atom stereocenters. The average Bonchev–Trinajstić information content (AvgIpc) is 2.95. The lowest BCUT2D eigenvalue weighted by molar-refractivity contribution is 0.0587. The summed E-state index contributed by atoms with van der Waals surface area (Å²) in [6.07, 6.45) is 0.277. The second kappa shape index (κ2) is 11.8. The third-order valence-corrected chi connectivity index (χ3v) is 6.45. The number of esters is 1. The van der Waals surface area contributed by atoms with Gasteiger partial charge >= 0.3 is 5.97 Å². The first-order valence-electron chi connectivity index (χ1n) is 12.2. The Kier molecular flexibility index (Phi) is 8.33. The van der Waals surface area contributed by atoms with Gasteiger partial charge < -0.3 is 28.6 Å². The van der Waals surface area contributed by atoms with Gasteiger partial charge in [0.05, 0.1) is 26.7 Å². The zero-order chi connectivity index (χ0) is 27.2. The molecule has 4 aromatic rings. The number of hydrogen-bond donors (Lipinski definition) is 1. The molecule has 0 fully saturated rings. The molecule has 0 aliphatic rings. The molecule has 8 heteroatoms. The van der Waals surface area contributed by atoms with E-state index in [9.17, 15) is 14.7 Å². The van der Waals surface area contributed by atoms with Gasteiger partial charge in [0, 0.05) is 24.3 Å². The monoisotopic (exact) mass is 517 g/mol. The van der Waals surface area contributed by atoms with Gasteiger partial charge in [-0.25, -0.2) is 4.79 Å². The zero-order valence-electron chi connectivity index (χ0n) is 21.9. The number of aliphatic hydroxyl groups excluding tert-OH is 1. The maximum absolute atomic E-state index is 13.8. The van der Waals surface area contributed by atoms with E-state index in [1.165, 1.54) is 11.7 Å². The summed E-state index contributed by atoms with van der Waals surface area (Å²) < 4.78 is 23.6. The Morgan fingerprint density at radius 3 is 2.21 bits per heavy atom. The molecule has 0 saturated heterocycles. The Morgan fingerprint density at radius 1 is 0.921 bits per heavy atom. The molecule has 198 valence electrons. The van der Waals surface area contributed by atoms with Crippen LogP contribution in [0.3, 0.4) is 0 Å². The van der Waals surface area contributed by atoms with Crippen LogP contribution < -0.4 is 19.8 Å². The second-order valence-corrected chi connectivity index (χ2v) is 8.74. The number of carbonyl (C=O) groups excluding carboxylic acids is 1. The number of ether oxygens (including phenoxy) is 4. The molecular formula is C30H31NO7. The lowest BCUT2D eigenvalue weighted by Crippen LogP contribution is -2.28. The molecule has 1 aromatic heterocycles. The van der Waals surface area contributed by atoms with Crippen molar-refractivity contribution in [2.24, 2.45) is 0 Å². The summed E-state index contributed by atoms with van der Waals surface area (Å²) >= 11 is 0. The van der Waals surface area contributed by atoms with Gasteiger partial charge in [-0.2, -0.15) is 0 Å². The van der Waals surface area contributed by atoms with Crippen LogP contribution in [-0.2, 0) is 17.9 Å². The molecule has 38 heavy (non-hydrogen) atoms. The van der Waals surface area contributed by atoms with Crippen molar-refractivity contribution in [3.8, 4) is 28.4 Å². The van der Waals surface area contributed by atoms with Gasteiger partial charge in [0.25, 0.3) is 5.56 Å². The fraction of sp³-hybridized carbons (Fsp3) is 0.267. The summed E-state index contributed by atoms with van der Waals surface area (Å²) in [7, 11) is 4.39. The van der Waals surface area contributed by atoms with E-state index in [1.54, 1.807) is 44.6 Å². The lowest BCUT2D eigenvalue weighted by atomic mass is 9.94. The maximum atomic E-state index is 13.8. The van der Waals surface area contributed by atoms with Gasteiger partial charge in [-0.3, -0.25) is 4.79 Å². The highest BCUT2D eigenvalue weighted by Gasteiger charge is 2.25. The van der Waals surface area contributed by atoms with Crippen molar-refractivity contribution in [2.75, 3.05) is 27.9 Å². The average molecular weight is 518 g/mol. The first-order chi connectivity index (χ1) is 18.4. The van der Waals surface area contributed by atoms with E-state index in [1.807, 2.05) is 37.3 Å². The molecular weight excluding hydrogens is 486 g/mol. The molecule has 0 aliphatic heterocycles. The van der Waals surface area contributed by atoms with Crippen molar-refractivity contribution >= 4 is 16.7 Å². The van der Waals surface area contributed by atoms with Crippen LogP contribution in [-0.4, -0.2) is 43.6 Å². The van der Waals surface area contributed by atoms with E-state index in [-0.39, 0.29) is 30.8 Å². The van der Waals surface area contributed by atoms with Gasteiger partial charge in [0.2, 0.25) is 0 Å². The molecule has 0 spiro atoms. The summed E-state index contributed by atoms with van der Waals surface area (Å²) in [4.78, 5) is 26.9. The fourth-order valence-corrected chi connectivity index (χ4v) is 4.53. The van der Waals surface area contributed by atoms with Crippen molar-refractivity contribution in [1.82, 2.24) is 4.57 Å². The number of pyridine rings is 1. The van der Waals surface area contributed by atoms with Crippen molar-refractivity contribution in [1.29, 1.82) is 0 Å². The normalized spacial score (nSPS) is 10.9. The second-order valence-electron chi connectivity index (χ2n) is 8.74. The topological polar surface area (TPSA) is 96.2 Å². The van der Waals surface area contributed by atoms with Crippen molar-refractivity contribution < 1.29 is 28.8 Å². The van der Waals surface area contributed by atoms with Gasteiger partial charge in [0.15, 0.2) is 0 Å². The summed E-state index contributed by atoms with van der Waals surface area (Å²) in [6, 6.07) is 18.6. The Balaban J connectivity index is 2.00. The van der Waals surface area contributed by atoms with Gasteiger partial charge in [0.1, 0.15) is 29.5 Å². The van der Waals surface area contributed by atoms with Crippen molar-refractivity contribution in [3.63, 3.8) is 0 Å². The van der Waals surface area contributed by atoms with Crippen LogP contribution in [0.4, 0.5) is 0 Å². The highest BCUT2D eigenvalue weighted by molar-refractivity contribution is 6.07. The van der Waals surface area contributed by atoms with Crippen LogP contribution in [0.5, 0.6) is 17.2 Å². The molecule has 0 radical (unpaired) electrons. The third-order valence-electron chi connectivity index (χ3n) is 6.45. The molecule has 0 bridgehead atoms. The number of hydrogen-bond acceptors (Lipinski definition) is 7. The van der Waals surface area contributed by atoms with Gasteiger partial charge in [-0.1, -0.05) is 30.3 Å². The number of methoxy groups -OCH3 is 3. The van der Waals surface area contributed by atoms with Gasteiger partial charge in [-0.15, -0.1) is 0 Å². The molecule has 0 saturated carbocycles. The van der Waals surface area contributed by atoms with E-state index in [0.717, 1.165) is 11.1 Å². The van der Waals surface area contributed by atoms with Crippen LogP contribution >= 0.6 is 0 Å². The molecule has 0 aliphatic carbocycles. The van der Waals surface area contributed by atoms with Crippen LogP contribution in [0.1, 0.15) is 28.0 Å². The Labute approximate surface area is 221 Å². The largest absolute Gasteiger partial charge is 0.496 e. The van der Waals surface area contributed by atoms with Crippen molar-refractivity contribution in [3.05, 3.63) is 87.8 Å². The number of aliphatic hydroxyl groups is 1. The zero-order valence-corrected chi connectivity index (χ0v) is 21.9. The van der Waals surface area contributed by atoms with Crippen LogP contribution in [0.25, 0.3) is 21.9 Å². The Hall–Kier alpha value is -4.30. The summed E-state index contributed by atoms with van der Waals surface area (Å²) in [6.45, 7) is 2.19. The third kappa shape index (κ3) is 5.21. The van der Waals surface area contributed by atoms with E-state index >= 15 is 0 Å². The quantitative estimate of drug-likeness (QED) is 0.304. The molecule has 0 unspecified atom stereocenters. The minimum absolute atomic E-state index is 0.0874. The SMILES string of the molecule is COC(=O)c1c(-c2cc(OC)c(C)c(OC)c2)c2ccc(OCc3ccccc3)cc2c(=O)n1CCCO. The number of rotatable bonds is 10. The first-order valence-corrected chi connectivity index (χ1v) is 12.2. The molecule has 3 aromatic carbocycles. The minimum Gasteiger partial charge on any atom is -0.496 e. The molecule has 0 amide bonds. The number of carbonyl (C=O) groups is 1. The van der Waals surface area contributed by atoms with Gasteiger partial charge in [-0.05, 0) is 60.2 Å². The van der Waals surface area contributed by atoms with Crippen LogP contribution in [0.2, 0.25) is 0 Å². The van der Waals surface area contributed by atoms with E-state index < -0.39 is 5.97 Å². The van der Waals surface area contributed by atoms with Crippen molar-refractivity contribution in [2.45, 2.75) is 26.5 Å². The number of benzene rings is 3. The lowest BCUT2D eigenvalue weighted by Gasteiger charge is -2.20. The standard InChI is InChI=1S/C30H31NO7/c1-19-25(35-2)15-21(16-26(19)36-3)27-23-12-11-22(38-18-20-9-6-5-7-10-20)17-24(23)29(33)31(13-8-14-32)28(27)30(34)37-4/h5-7,9-12,15-17,32H,8,13-14,18H2,1-4H3. The number of nitrogens with zero attached hydrogens (tertiary/aromatic N) is 1. The van der Waals surface area contributed by atoms with Crippen LogP contribution in [0, 0.1) is 6.92 Å². The van der Waals surface area contributed by atoms with E-state index in [2.05, 4.69) is 0 Å². The molecule has 8 nitrogen and oxygen atoms in total. The number of aromatic nitrogens is 1. The molecule has 1 heterocycles. The van der Waals surface area contributed by atoms with E-state index in [4.69, 9.17) is 18.9 Å². The predicted molar refractivity (Wildman–Crippen MR) is 145 cm³/mol. The summed E-state index contributed by atoms with van der Waals surface area (Å²) in [5.41, 5.74) is 2.61. The smallest absolute Gasteiger partial charge is 0.355 e. The van der Waals surface area contributed by atoms with Crippen LogP contribution in [0.15, 0.2) is 65.5 Å².